The monoisotopic (exact) mass is 264 g/mol. The summed E-state index contributed by atoms with van der Waals surface area (Å²) in [6, 6.07) is 9.54. The Morgan fingerprint density at radius 3 is 2.63 bits per heavy atom. The molecule has 0 radical (unpaired) electrons. The van der Waals surface area contributed by atoms with E-state index in [2.05, 4.69) is 10.6 Å². The topological polar surface area (TPSA) is 70.6 Å². The number of hydrogen-bond donors (Lipinski definition) is 3. The van der Waals surface area contributed by atoms with Gasteiger partial charge in [-0.25, -0.2) is 0 Å². The minimum atomic E-state index is -0.819. The van der Waals surface area contributed by atoms with Gasteiger partial charge in [-0.1, -0.05) is 18.2 Å². The van der Waals surface area contributed by atoms with Crippen molar-refractivity contribution in [3.8, 4) is 0 Å². The van der Waals surface area contributed by atoms with Crippen LogP contribution in [0.3, 0.4) is 0 Å². The molecule has 0 unspecified atom stereocenters. The molecule has 19 heavy (non-hydrogen) atoms. The first-order valence-electron chi connectivity index (χ1n) is 6.54. The summed E-state index contributed by atoms with van der Waals surface area (Å²) >= 11 is 0. The minimum Gasteiger partial charge on any atom is -0.388 e. The van der Waals surface area contributed by atoms with Gasteiger partial charge in [-0.2, -0.15) is 0 Å². The van der Waals surface area contributed by atoms with Crippen molar-refractivity contribution in [1.82, 2.24) is 5.32 Å². The van der Waals surface area contributed by atoms with Gasteiger partial charge in [-0.05, 0) is 12.1 Å². The molecule has 5 nitrogen and oxygen atoms in total. The van der Waals surface area contributed by atoms with E-state index < -0.39 is 5.60 Å². The van der Waals surface area contributed by atoms with Gasteiger partial charge in [0, 0.05) is 38.3 Å². The Bertz CT molecular complexity index is 402. The van der Waals surface area contributed by atoms with Crippen molar-refractivity contribution in [3.05, 3.63) is 30.3 Å². The molecule has 1 aliphatic heterocycles. The van der Waals surface area contributed by atoms with Gasteiger partial charge in [0.25, 0.3) is 0 Å². The van der Waals surface area contributed by atoms with E-state index in [0.717, 1.165) is 5.69 Å². The number of nitrogens with one attached hydrogen (secondary N) is 2. The van der Waals surface area contributed by atoms with Crippen LogP contribution >= 0.6 is 0 Å². The minimum absolute atomic E-state index is 0.122. The first-order chi connectivity index (χ1) is 9.18. The highest BCUT2D eigenvalue weighted by molar-refractivity contribution is 5.80. The molecule has 1 fully saturated rings. The van der Waals surface area contributed by atoms with Gasteiger partial charge in [0.05, 0.1) is 12.1 Å². The van der Waals surface area contributed by atoms with Crippen molar-refractivity contribution in [2.24, 2.45) is 0 Å². The lowest BCUT2D eigenvalue weighted by atomic mass is 9.94. The third-order valence-electron chi connectivity index (χ3n) is 3.26. The Kier molecular flexibility index (Phi) is 4.76. The summed E-state index contributed by atoms with van der Waals surface area (Å²) in [6.45, 7) is 1.59. The second-order valence-electron chi connectivity index (χ2n) is 4.83. The van der Waals surface area contributed by atoms with Crippen LogP contribution in [0.5, 0.6) is 0 Å². The zero-order valence-electron chi connectivity index (χ0n) is 10.9. The molecule has 0 bridgehead atoms. The summed E-state index contributed by atoms with van der Waals surface area (Å²) in [7, 11) is 0. The van der Waals surface area contributed by atoms with Gasteiger partial charge in [0.15, 0.2) is 0 Å². The molecule has 0 aromatic heterocycles. The fraction of sp³-hybridized carbons (Fsp3) is 0.500. The summed E-state index contributed by atoms with van der Waals surface area (Å²) in [6.07, 6.45) is 1.14. The zero-order chi connectivity index (χ0) is 13.6. The largest absolute Gasteiger partial charge is 0.388 e. The molecular weight excluding hydrogens is 244 g/mol. The Hall–Kier alpha value is -1.59. The number of rotatable bonds is 5. The molecule has 1 aromatic carbocycles. The number of carbonyl (C=O) groups is 1. The molecule has 3 N–H and O–H groups in total. The lowest BCUT2D eigenvalue weighted by Gasteiger charge is -2.32. The van der Waals surface area contributed by atoms with E-state index >= 15 is 0 Å². The van der Waals surface area contributed by atoms with Gasteiger partial charge in [0.1, 0.15) is 0 Å². The molecule has 0 spiro atoms. The number of anilines is 1. The van der Waals surface area contributed by atoms with Crippen molar-refractivity contribution in [3.63, 3.8) is 0 Å². The number of carbonyl (C=O) groups excluding carboxylic acids is 1. The number of hydrogen-bond acceptors (Lipinski definition) is 4. The van der Waals surface area contributed by atoms with E-state index in [9.17, 15) is 9.90 Å². The fourth-order valence-corrected chi connectivity index (χ4v) is 1.99. The second kappa shape index (κ2) is 6.54. The summed E-state index contributed by atoms with van der Waals surface area (Å²) in [5.41, 5.74) is 0.0862. The van der Waals surface area contributed by atoms with Crippen LogP contribution in [0.2, 0.25) is 0 Å². The standard InChI is InChI=1S/C14H20N2O3/c17-13(10-15-12-4-2-1-3-5-12)16-11-14(18)6-8-19-9-7-14/h1-5,15,18H,6-11H2,(H,16,17). The first-order valence-corrected chi connectivity index (χ1v) is 6.54. The lowest BCUT2D eigenvalue weighted by Crippen LogP contribution is -2.47. The smallest absolute Gasteiger partial charge is 0.239 e. The van der Waals surface area contributed by atoms with Gasteiger partial charge in [-0.15, -0.1) is 0 Å². The first kappa shape index (κ1) is 13.8. The van der Waals surface area contributed by atoms with Gasteiger partial charge < -0.3 is 20.5 Å². The second-order valence-corrected chi connectivity index (χ2v) is 4.83. The summed E-state index contributed by atoms with van der Waals surface area (Å²) < 4.78 is 5.19. The van der Waals surface area contributed by atoms with Crippen molar-refractivity contribution >= 4 is 11.6 Å². The molecule has 1 aromatic rings. The van der Waals surface area contributed by atoms with E-state index in [-0.39, 0.29) is 19.0 Å². The maximum atomic E-state index is 11.7. The van der Waals surface area contributed by atoms with E-state index in [0.29, 0.717) is 26.1 Å². The van der Waals surface area contributed by atoms with Crippen molar-refractivity contribution in [2.75, 3.05) is 31.6 Å². The van der Waals surface area contributed by atoms with E-state index in [1.54, 1.807) is 0 Å². The lowest BCUT2D eigenvalue weighted by molar-refractivity contribution is -0.122. The maximum Gasteiger partial charge on any atom is 0.239 e. The maximum absolute atomic E-state index is 11.7. The molecule has 1 amide bonds. The number of aliphatic hydroxyl groups is 1. The number of benzene rings is 1. The molecular formula is C14H20N2O3. The summed E-state index contributed by atoms with van der Waals surface area (Å²) in [5.74, 6) is -0.122. The predicted molar refractivity (Wildman–Crippen MR) is 72.9 cm³/mol. The molecule has 5 heteroatoms. The molecule has 1 aliphatic rings. The molecule has 104 valence electrons. The molecule has 1 saturated heterocycles. The van der Waals surface area contributed by atoms with Crippen LogP contribution in [0.1, 0.15) is 12.8 Å². The Morgan fingerprint density at radius 2 is 1.95 bits per heavy atom. The molecule has 2 rings (SSSR count). The van der Waals surface area contributed by atoms with Crippen LogP contribution in [0.4, 0.5) is 5.69 Å². The van der Waals surface area contributed by atoms with Crippen LogP contribution < -0.4 is 10.6 Å². The average Bonchev–Trinajstić information content (AvgIpc) is 2.45. The SMILES string of the molecule is O=C(CNc1ccccc1)NCC1(O)CCOCC1. The Balaban J connectivity index is 1.70. The number of amides is 1. The fourth-order valence-electron chi connectivity index (χ4n) is 1.99. The molecule has 0 aliphatic carbocycles. The highest BCUT2D eigenvalue weighted by Gasteiger charge is 2.29. The third-order valence-corrected chi connectivity index (χ3v) is 3.26. The van der Waals surface area contributed by atoms with Gasteiger partial charge in [-0.3, -0.25) is 4.79 Å². The molecule has 1 heterocycles. The normalized spacial score (nSPS) is 17.7. The number of ether oxygens (including phenoxy) is 1. The van der Waals surface area contributed by atoms with Crippen LogP contribution in [0.15, 0.2) is 30.3 Å². The van der Waals surface area contributed by atoms with Crippen LogP contribution in [-0.2, 0) is 9.53 Å². The van der Waals surface area contributed by atoms with Crippen molar-refractivity contribution in [2.45, 2.75) is 18.4 Å². The predicted octanol–water partition coefficient (Wildman–Crippen LogP) is 0.756. The van der Waals surface area contributed by atoms with Crippen LogP contribution in [-0.4, -0.2) is 42.9 Å². The average molecular weight is 264 g/mol. The van der Waals surface area contributed by atoms with Crippen LogP contribution in [0.25, 0.3) is 0 Å². The summed E-state index contributed by atoms with van der Waals surface area (Å²) in [5, 5.41) is 16.0. The van der Waals surface area contributed by atoms with Crippen molar-refractivity contribution in [1.29, 1.82) is 0 Å². The van der Waals surface area contributed by atoms with Crippen LogP contribution in [0, 0.1) is 0 Å². The Labute approximate surface area is 113 Å². The highest BCUT2D eigenvalue weighted by Crippen LogP contribution is 2.19. The van der Waals surface area contributed by atoms with Gasteiger partial charge >= 0.3 is 0 Å². The Morgan fingerprint density at radius 1 is 1.26 bits per heavy atom. The third kappa shape index (κ3) is 4.54. The summed E-state index contributed by atoms with van der Waals surface area (Å²) in [4.78, 5) is 11.7. The van der Waals surface area contributed by atoms with E-state index in [4.69, 9.17) is 4.74 Å². The zero-order valence-corrected chi connectivity index (χ0v) is 10.9. The van der Waals surface area contributed by atoms with Gasteiger partial charge in [0.2, 0.25) is 5.91 Å². The quantitative estimate of drug-likeness (QED) is 0.734. The molecule has 0 saturated carbocycles. The molecule has 0 atom stereocenters. The van der Waals surface area contributed by atoms with Crippen molar-refractivity contribution < 1.29 is 14.6 Å². The van der Waals surface area contributed by atoms with E-state index in [1.807, 2.05) is 30.3 Å². The van der Waals surface area contributed by atoms with E-state index in [1.165, 1.54) is 0 Å². The number of para-hydroxylation sites is 1. The highest BCUT2D eigenvalue weighted by atomic mass is 16.5.